The Morgan fingerprint density at radius 1 is 1.58 bits per heavy atom. The highest BCUT2D eigenvalue weighted by Gasteiger charge is 2.15. The molecule has 1 heterocycles. The molecule has 2 nitrogen and oxygen atoms in total. The summed E-state index contributed by atoms with van der Waals surface area (Å²) < 4.78 is 0. The molecule has 1 aromatic carbocycles. The Bertz CT molecular complexity index is 294. The van der Waals surface area contributed by atoms with Crippen molar-refractivity contribution in [3.8, 4) is 0 Å². The number of hydrogen-bond donors (Lipinski definition) is 2. The van der Waals surface area contributed by atoms with Crippen molar-refractivity contribution in [3.63, 3.8) is 0 Å². The van der Waals surface area contributed by atoms with Gasteiger partial charge in [-0.25, -0.2) is 0 Å². The van der Waals surface area contributed by atoms with E-state index in [1.807, 2.05) is 0 Å². The van der Waals surface area contributed by atoms with E-state index in [1.165, 1.54) is 16.8 Å². The molecule has 12 heavy (non-hydrogen) atoms. The molecule has 1 aliphatic rings. The topological polar surface area (TPSA) is 38.0 Å². The van der Waals surface area contributed by atoms with Crippen LogP contribution in [0.1, 0.15) is 18.1 Å². The fourth-order valence-electron chi connectivity index (χ4n) is 1.71. The van der Waals surface area contributed by atoms with Gasteiger partial charge in [0.1, 0.15) is 0 Å². The van der Waals surface area contributed by atoms with E-state index in [-0.39, 0.29) is 0 Å². The standard InChI is InChI=1S/C10H14N2/c1-7-4-9-3-2-8(6-11)5-10(9)12-7/h2-3,5,7,12H,4,6,11H2,1H3. The van der Waals surface area contributed by atoms with Gasteiger partial charge < -0.3 is 11.1 Å². The molecule has 64 valence electrons. The van der Waals surface area contributed by atoms with Crippen LogP contribution < -0.4 is 11.1 Å². The minimum atomic E-state index is 0.577. The molecular formula is C10H14N2. The molecule has 0 fully saturated rings. The van der Waals surface area contributed by atoms with Gasteiger partial charge in [-0.2, -0.15) is 0 Å². The van der Waals surface area contributed by atoms with Crippen LogP contribution in [-0.2, 0) is 13.0 Å². The van der Waals surface area contributed by atoms with E-state index in [1.54, 1.807) is 0 Å². The normalized spacial score (nSPS) is 20.3. The molecule has 1 aliphatic heterocycles. The van der Waals surface area contributed by atoms with Crippen molar-refractivity contribution < 1.29 is 0 Å². The second-order valence-electron chi connectivity index (χ2n) is 3.45. The van der Waals surface area contributed by atoms with Crippen molar-refractivity contribution >= 4 is 5.69 Å². The average molecular weight is 162 g/mol. The lowest BCUT2D eigenvalue weighted by atomic mass is 10.1. The summed E-state index contributed by atoms with van der Waals surface area (Å²) >= 11 is 0. The molecule has 0 amide bonds. The van der Waals surface area contributed by atoms with Gasteiger partial charge >= 0.3 is 0 Å². The van der Waals surface area contributed by atoms with Crippen LogP contribution >= 0.6 is 0 Å². The molecule has 0 aromatic heterocycles. The van der Waals surface area contributed by atoms with Crippen LogP contribution in [0.15, 0.2) is 18.2 Å². The second-order valence-corrected chi connectivity index (χ2v) is 3.45. The monoisotopic (exact) mass is 162 g/mol. The maximum Gasteiger partial charge on any atom is 0.0378 e. The second kappa shape index (κ2) is 2.79. The molecular weight excluding hydrogens is 148 g/mol. The first-order valence-corrected chi connectivity index (χ1v) is 4.38. The van der Waals surface area contributed by atoms with E-state index in [0.717, 1.165) is 6.42 Å². The van der Waals surface area contributed by atoms with Crippen LogP contribution in [0.3, 0.4) is 0 Å². The fraction of sp³-hybridized carbons (Fsp3) is 0.400. The van der Waals surface area contributed by atoms with Crippen LogP contribution in [0, 0.1) is 0 Å². The SMILES string of the molecule is CC1Cc2ccc(CN)cc2N1. The molecule has 0 bridgehead atoms. The number of fused-ring (bicyclic) bond motifs is 1. The lowest BCUT2D eigenvalue weighted by Gasteiger charge is -2.03. The minimum Gasteiger partial charge on any atom is -0.382 e. The van der Waals surface area contributed by atoms with Crippen LogP contribution in [0.2, 0.25) is 0 Å². The van der Waals surface area contributed by atoms with E-state index in [2.05, 4.69) is 30.4 Å². The summed E-state index contributed by atoms with van der Waals surface area (Å²) in [6.45, 7) is 2.82. The zero-order chi connectivity index (χ0) is 8.55. The van der Waals surface area contributed by atoms with Crippen molar-refractivity contribution in [1.82, 2.24) is 0 Å². The first-order valence-electron chi connectivity index (χ1n) is 4.38. The first kappa shape index (κ1) is 7.62. The first-order chi connectivity index (χ1) is 5.79. The summed E-state index contributed by atoms with van der Waals surface area (Å²) in [6, 6.07) is 7.01. The summed E-state index contributed by atoms with van der Waals surface area (Å²) in [7, 11) is 0. The molecule has 0 radical (unpaired) electrons. The highest BCUT2D eigenvalue weighted by molar-refractivity contribution is 5.58. The molecule has 0 aliphatic carbocycles. The predicted octanol–water partition coefficient (Wildman–Crippen LogP) is 1.50. The largest absolute Gasteiger partial charge is 0.382 e. The summed E-state index contributed by atoms with van der Waals surface area (Å²) in [5, 5.41) is 3.42. The van der Waals surface area contributed by atoms with Crippen molar-refractivity contribution in [3.05, 3.63) is 29.3 Å². The van der Waals surface area contributed by atoms with Gasteiger partial charge in [-0.15, -0.1) is 0 Å². The van der Waals surface area contributed by atoms with Crippen LogP contribution in [0.5, 0.6) is 0 Å². The zero-order valence-corrected chi connectivity index (χ0v) is 7.30. The van der Waals surface area contributed by atoms with Crippen molar-refractivity contribution in [2.45, 2.75) is 25.9 Å². The maximum absolute atomic E-state index is 5.55. The molecule has 2 heteroatoms. The van der Waals surface area contributed by atoms with E-state index in [0.29, 0.717) is 12.6 Å². The van der Waals surface area contributed by atoms with Gasteiger partial charge in [0.05, 0.1) is 0 Å². The van der Waals surface area contributed by atoms with Crippen molar-refractivity contribution in [2.75, 3.05) is 5.32 Å². The third-order valence-electron chi connectivity index (χ3n) is 2.34. The Balaban J connectivity index is 2.35. The van der Waals surface area contributed by atoms with Gasteiger partial charge in [0, 0.05) is 18.3 Å². The Kier molecular flexibility index (Phi) is 1.77. The molecule has 0 spiro atoms. The van der Waals surface area contributed by atoms with Gasteiger partial charge in [0.25, 0.3) is 0 Å². The minimum absolute atomic E-state index is 0.577. The summed E-state index contributed by atoms with van der Waals surface area (Å²) in [5.74, 6) is 0. The van der Waals surface area contributed by atoms with Gasteiger partial charge in [0.2, 0.25) is 0 Å². The molecule has 0 saturated heterocycles. The maximum atomic E-state index is 5.55. The predicted molar refractivity (Wildman–Crippen MR) is 51.1 cm³/mol. The molecule has 1 aromatic rings. The number of benzene rings is 1. The van der Waals surface area contributed by atoms with Crippen molar-refractivity contribution in [1.29, 1.82) is 0 Å². The Morgan fingerprint density at radius 2 is 2.42 bits per heavy atom. The van der Waals surface area contributed by atoms with Gasteiger partial charge in [-0.3, -0.25) is 0 Å². The zero-order valence-electron chi connectivity index (χ0n) is 7.30. The van der Waals surface area contributed by atoms with Crippen LogP contribution in [-0.4, -0.2) is 6.04 Å². The molecule has 0 saturated carbocycles. The number of hydrogen-bond acceptors (Lipinski definition) is 2. The average Bonchev–Trinajstić information content (AvgIpc) is 2.43. The van der Waals surface area contributed by atoms with E-state index >= 15 is 0 Å². The van der Waals surface area contributed by atoms with E-state index < -0.39 is 0 Å². The Hall–Kier alpha value is -1.02. The summed E-state index contributed by atoms with van der Waals surface area (Å²) in [4.78, 5) is 0. The summed E-state index contributed by atoms with van der Waals surface area (Å²) in [5.41, 5.74) is 9.44. The molecule has 1 atom stereocenters. The van der Waals surface area contributed by atoms with Crippen LogP contribution in [0.25, 0.3) is 0 Å². The number of nitrogens with two attached hydrogens (primary N) is 1. The lowest BCUT2D eigenvalue weighted by molar-refractivity contribution is 0.839. The highest BCUT2D eigenvalue weighted by Crippen LogP contribution is 2.26. The quantitative estimate of drug-likeness (QED) is 0.656. The molecule has 1 unspecified atom stereocenters. The third kappa shape index (κ3) is 1.18. The number of rotatable bonds is 1. The van der Waals surface area contributed by atoms with E-state index in [4.69, 9.17) is 5.73 Å². The number of anilines is 1. The fourth-order valence-corrected chi connectivity index (χ4v) is 1.71. The Labute approximate surface area is 72.8 Å². The molecule has 3 N–H and O–H groups in total. The van der Waals surface area contributed by atoms with E-state index in [9.17, 15) is 0 Å². The molecule has 2 rings (SSSR count). The van der Waals surface area contributed by atoms with Crippen LogP contribution in [0.4, 0.5) is 5.69 Å². The highest BCUT2D eigenvalue weighted by atomic mass is 14.9. The van der Waals surface area contributed by atoms with Gasteiger partial charge in [0.15, 0.2) is 0 Å². The smallest absolute Gasteiger partial charge is 0.0378 e. The lowest BCUT2D eigenvalue weighted by Crippen LogP contribution is -2.08. The third-order valence-corrected chi connectivity index (χ3v) is 2.34. The van der Waals surface area contributed by atoms with Gasteiger partial charge in [-0.1, -0.05) is 12.1 Å². The Morgan fingerprint density at radius 3 is 3.17 bits per heavy atom. The van der Waals surface area contributed by atoms with Crippen molar-refractivity contribution in [2.24, 2.45) is 5.73 Å². The summed E-state index contributed by atoms with van der Waals surface area (Å²) in [6.07, 6.45) is 1.14. The van der Waals surface area contributed by atoms with Gasteiger partial charge in [-0.05, 0) is 30.5 Å². The number of nitrogens with one attached hydrogen (secondary N) is 1.